The van der Waals surface area contributed by atoms with Crippen molar-refractivity contribution in [2.24, 2.45) is 5.92 Å². The standard InChI is InChI=1S/C32H42N4O10S/c1-31(2,3)46-30(41)33-24-12-8-16-44-15-7-11-21-18-32(21,29(40)35-47(42,43)23-13-14-23)34-26(37)25-17-22(19-36(25)27(24)38)45-28(39)20-9-5-4-6-10-20/h4-7,9-11,21-25H,8,12-19H2,1-3H3,(H,33,41)(H,34,37)(H,35,40)/b11-7-. The van der Waals surface area contributed by atoms with Crippen LogP contribution in [0.2, 0.25) is 0 Å². The van der Waals surface area contributed by atoms with E-state index in [1.165, 1.54) is 4.90 Å². The number of hydrogen-bond acceptors (Lipinski definition) is 10. The molecule has 3 fully saturated rings. The van der Waals surface area contributed by atoms with Gasteiger partial charge < -0.3 is 29.7 Å². The van der Waals surface area contributed by atoms with Crippen molar-refractivity contribution in [3.05, 3.63) is 48.0 Å². The zero-order chi connectivity index (χ0) is 34.0. The summed E-state index contributed by atoms with van der Waals surface area (Å²) in [6.45, 7) is 5.34. The molecule has 1 aromatic carbocycles. The zero-order valence-corrected chi connectivity index (χ0v) is 27.5. The molecule has 5 atom stereocenters. The number of alkyl carbamates (subject to hydrolysis) is 1. The number of carbonyl (C=O) groups is 5. The highest BCUT2D eigenvalue weighted by Gasteiger charge is 2.62. The van der Waals surface area contributed by atoms with Gasteiger partial charge in [0, 0.05) is 18.9 Å². The largest absolute Gasteiger partial charge is 0.457 e. The highest BCUT2D eigenvalue weighted by Crippen LogP contribution is 2.46. The van der Waals surface area contributed by atoms with Crippen LogP contribution < -0.4 is 15.4 Å². The fourth-order valence-electron chi connectivity index (χ4n) is 5.80. The smallest absolute Gasteiger partial charge is 0.408 e. The van der Waals surface area contributed by atoms with Crippen LogP contribution in [0.1, 0.15) is 69.7 Å². The van der Waals surface area contributed by atoms with E-state index in [4.69, 9.17) is 14.2 Å². The Morgan fingerprint density at radius 1 is 1.09 bits per heavy atom. The van der Waals surface area contributed by atoms with E-state index in [-0.39, 0.29) is 44.6 Å². The minimum atomic E-state index is -3.91. The molecular weight excluding hydrogens is 632 g/mol. The maximum absolute atomic E-state index is 14.1. The summed E-state index contributed by atoms with van der Waals surface area (Å²) in [6, 6.07) is 5.95. The number of esters is 1. The Labute approximate surface area is 274 Å². The molecule has 5 rings (SSSR count). The molecule has 15 heteroatoms. The first-order valence-corrected chi connectivity index (χ1v) is 17.4. The summed E-state index contributed by atoms with van der Waals surface area (Å²) in [5.41, 5.74) is -2.12. The molecule has 3 N–H and O–H groups in total. The lowest BCUT2D eigenvalue weighted by Gasteiger charge is -2.30. The predicted molar refractivity (Wildman–Crippen MR) is 167 cm³/mol. The monoisotopic (exact) mass is 674 g/mol. The van der Waals surface area contributed by atoms with Gasteiger partial charge in [-0.05, 0) is 65.0 Å². The Balaban J connectivity index is 1.42. The van der Waals surface area contributed by atoms with Gasteiger partial charge in [-0.2, -0.15) is 0 Å². The van der Waals surface area contributed by atoms with E-state index < -0.39 is 80.3 Å². The summed E-state index contributed by atoms with van der Waals surface area (Å²) in [5.74, 6) is -3.34. The molecule has 1 saturated heterocycles. The van der Waals surface area contributed by atoms with Crippen molar-refractivity contribution in [1.29, 1.82) is 0 Å². The number of rotatable bonds is 6. The van der Waals surface area contributed by atoms with Gasteiger partial charge in [-0.25, -0.2) is 18.0 Å². The fourth-order valence-corrected chi connectivity index (χ4v) is 7.17. The third-order valence-electron chi connectivity index (χ3n) is 8.45. The molecule has 0 aromatic heterocycles. The maximum Gasteiger partial charge on any atom is 0.408 e. The Morgan fingerprint density at radius 2 is 1.81 bits per heavy atom. The van der Waals surface area contributed by atoms with E-state index in [9.17, 15) is 32.4 Å². The number of hydrogen-bond donors (Lipinski definition) is 3. The molecule has 2 heterocycles. The number of sulfonamides is 1. The van der Waals surface area contributed by atoms with E-state index in [2.05, 4.69) is 15.4 Å². The summed E-state index contributed by atoms with van der Waals surface area (Å²) in [4.78, 5) is 68.5. The Kier molecular flexibility index (Phi) is 9.96. The molecule has 4 aliphatic rings. The molecule has 0 spiro atoms. The lowest BCUT2D eigenvalue weighted by molar-refractivity contribution is -0.141. The molecule has 4 amide bonds. The van der Waals surface area contributed by atoms with Crippen molar-refractivity contribution in [2.75, 3.05) is 19.8 Å². The Bertz CT molecular complexity index is 1520. The normalized spacial score (nSPS) is 29.1. The molecule has 0 radical (unpaired) electrons. The number of nitrogens with one attached hydrogen (secondary N) is 3. The van der Waals surface area contributed by atoms with E-state index in [0.717, 1.165) is 0 Å². The summed E-state index contributed by atoms with van der Waals surface area (Å²) in [5, 5.41) is 4.71. The van der Waals surface area contributed by atoms with Crippen LogP contribution in [0.3, 0.4) is 0 Å². The Hall–Kier alpha value is -3.98. The van der Waals surface area contributed by atoms with Crippen molar-refractivity contribution < 1.29 is 46.6 Å². The van der Waals surface area contributed by atoms with Crippen molar-refractivity contribution in [2.45, 2.75) is 93.9 Å². The van der Waals surface area contributed by atoms with Crippen LogP contribution in [0.4, 0.5) is 4.79 Å². The predicted octanol–water partition coefficient (Wildman–Crippen LogP) is 1.56. The summed E-state index contributed by atoms with van der Waals surface area (Å²) < 4.78 is 44.2. The molecule has 5 unspecified atom stereocenters. The molecule has 2 saturated carbocycles. The van der Waals surface area contributed by atoms with Crippen LogP contribution in [0, 0.1) is 5.92 Å². The number of benzene rings is 1. The van der Waals surface area contributed by atoms with Crippen molar-refractivity contribution in [1.82, 2.24) is 20.3 Å². The summed E-state index contributed by atoms with van der Waals surface area (Å²) in [6.07, 6.45) is 3.18. The molecular formula is C32H42N4O10S. The zero-order valence-electron chi connectivity index (χ0n) is 26.7. The van der Waals surface area contributed by atoms with Gasteiger partial charge in [0.05, 0.1) is 24.0 Å². The second-order valence-corrected chi connectivity index (χ2v) is 15.4. The molecule has 2 aliphatic carbocycles. The Morgan fingerprint density at radius 3 is 2.49 bits per heavy atom. The number of carbonyl (C=O) groups excluding carboxylic acids is 5. The average Bonchev–Trinajstić information content (AvgIpc) is 3.92. The first-order valence-electron chi connectivity index (χ1n) is 15.9. The number of fused-ring (bicyclic) bond motifs is 2. The molecule has 256 valence electrons. The first kappa shape index (κ1) is 34.4. The quantitative estimate of drug-likeness (QED) is 0.295. The SMILES string of the molecule is CC(C)(C)OC(=O)NC1CCCOC/C=C\C2CC2(C(=O)NS(=O)(=O)C2CC2)NC(=O)C2CC(OC(=O)c3ccccc3)CN2C1=O. The number of ether oxygens (including phenoxy) is 3. The fraction of sp³-hybridized carbons (Fsp3) is 0.594. The van der Waals surface area contributed by atoms with Gasteiger partial charge in [-0.3, -0.25) is 19.1 Å². The van der Waals surface area contributed by atoms with Gasteiger partial charge in [0.1, 0.15) is 29.3 Å². The van der Waals surface area contributed by atoms with E-state index >= 15 is 0 Å². The van der Waals surface area contributed by atoms with Crippen LogP contribution in [-0.4, -0.2) is 97.4 Å². The van der Waals surface area contributed by atoms with E-state index in [1.54, 1.807) is 63.3 Å². The minimum absolute atomic E-state index is 0.0863. The second-order valence-electron chi connectivity index (χ2n) is 13.4. The van der Waals surface area contributed by atoms with Crippen LogP contribution in [0.15, 0.2) is 42.5 Å². The minimum Gasteiger partial charge on any atom is -0.457 e. The highest BCUT2D eigenvalue weighted by atomic mass is 32.2. The highest BCUT2D eigenvalue weighted by molar-refractivity contribution is 7.91. The van der Waals surface area contributed by atoms with Crippen LogP contribution in [-0.2, 0) is 38.6 Å². The van der Waals surface area contributed by atoms with Crippen molar-refractivity contribution in [3.63, 3.8) is 0 Å². The van der Waals surface area contributed by atoms with Crippen molar-refractivity contribution >= 4 is 39.8 Å². The summed E-state index contributed by atoms with van der Waals surface area (Å²) in [7, 11) is -3.91. The molecule has 47 heavy (non-hydrogen) atoms. The maximum atomic E-state index is 14.1. The molecule has 2 aliphatic heterocycles. The van der Waals surface area contributed by atoms with Crippen molar-refractivity contribution in [3.8, 4) is 0 Å². The van der Waals surface area contributed by atoms with Gasteiger partial charge in [0.25, 0.3) is 5.91 Å². The summed E-state index contributed by atoms with van der Waals surface area (Å²) >= 11 is 0. The van der Waals surface area contributed by atoms with Gasteiger partial charge in [0.2, 0.25) is 21.8 Å². The van der Waals surface area contributed by atoms with Gasteiger partial charge in [0.15, 0.2) is 0 Å². The van der Waals surface area contributed by atoms with E-state index in [1.807, 2.05) is 0 Å². The number of amides is 4. The van der Waals surface area contributed by atoms with Gasteiger partial charge in [-0.15, -0.1) is 0 Å². The van der Waals surface area contributed by atoms with Gasteiger partial charge >= 0.3 is 12.1 Å². The van der Waals surface area contributed by atoms with Crippen LogP contribution in [0.25, 0.3) is 0 Å². The third-order valence-corrected chi connectivity index (χ3v) is 10.3. The van der Waals surface area contributed by atoms with Crippen LogP contribution in [0.5, 0.6) is 0 Å². The molecule has 14 nitrogen and oxygen atoms in total. The third kappa shape index (κ3) is 8.49. The number of nitrogens with zero attached hydrogens (tertiary/aromatic N) is 1. The lowest BCUT2D eigenvalue weighted by Crippen LogP contribution is -2.58. The van der Waals surface area contributed by atoms with Crippen LogP contribution >= 0.6 is 0 Å². The van der Waals surface area contributed by atoms with E-state index in [0.29, 0.717) is 19.3 Å². The topological polar surface area (TPSA) is 187 Å². The average molecular weight is 675 g/mol. The lowest BCUT2D eigenvalue weighted by atomic mass is 10.1. The second kappa shape index (κ2) is 13.6. The van der Waals surface area contributed by atoms with Gasteiger partial charge in [-0.1, -0.05) is 30.4 Å². The molecule has 0 bridgehead atoms. The molecule has 1 aromatic rings. The first-order chi connectivity index (χ1) is 22.2.